The maximum Gasteiger partial charge on any atom is 0.333 e. The topological polar surface area (TPSA) is 61.5 Å². The molecule has 3 atom stereocenters. The molecule has 4 fully saturated rings. The van der Waals surface area contributed by atoms with Crippen molar-refractivity contribution in [1.29, 1.82) is 0 Å². The fourth-order valence-corrected chi connectivity index (χ4v) is 5.36. The predicted octanol–water partition coefficient (Wildman–Crippen LogP) is 2.95. The lowest BCUT2D eigenvalue weighted by Gasteiger charge is -2.61. The zero-order valence-corrected chi connectivity index (χ0v) is 13.9. The maximum absolute atomic E-state index is 12.1. The molecule has 0 amide bonds. The summed E-state index contributed by atoms with van der Waals surface area (Å²) in [5.74, 6) is 1.01. The Morgan fingerprint density at radius 2 is 1.86 bits per heavy atom. The first-order chi connectivity index (χ1) is 10.4. The summed E-state index contributed by atoms with van der Waals surface area (Å²) in [5, 5.41) is 0. The molecule has 4 aliphatic carbocycles. The lowest BCUT2D eigenvalue weighted by molar-refractivity contribution is -0.242. The van der Waals surface area contributed by atoms with E-state index in [0.717, 1.165) is 38.5 Å². The monoisotopic (exact) mass is 307 g/mol. The number of hydrogen-bond donors (Lipinski definition) is 1. The molecule has 4 rings (SSSR count). The highest BCUT2D eigenvalue weighted by molar-refractivity contribution is 5.87. The van der Waals surface area contributed by atoms with Crippen LogP contribution in [0.25, 0.3) is 0 Å². The van der Waals surface area contributed by atoms with Crippen molar-refractivity contribution in [3.8, 4) is 0 Å². The Kier molecular flexibility index (Phi) is 4.11. The van der Waals surface area contributed by atoms with Gasteiger partial charge in [-0.05, 0) is 70.8 Å². The summed E-state index contributed by atoms with van der Waals surface area (Å²) < 4.78 is 12.4. The normalized spacial score (nSPS) is 40.5. The molecule has 4 heteroatoms. The summed E-state index contributed by atoms with van der Waals surface area (Å²) in [6, 6.07) is 0. The van der Waals surface area contributed by atoms with E-state index in [1.807, 2.05) is 0 Å². The number of esters is 1. The highest BCUT2D eigenvalue weighted by atomic mass is 16.6. The van der Waals surface area contributed by atoms with Crippen LogP contribution in [-0.2, 0) is 14.3 Å². The molecule has 3 unspecified atom stereocenters. The van der Waals surface area contributed by atoms with Crippen molar-refractivity contribution >= 4 is 5.97 Å². The van der Waals surface area contributed by atoms with Gasteiger partial charge in [0.1, 0.15) is 5.60 Å². The highest BCUT2D eigenvalue weighted by Crippen LogP contribution is 2.60. The fraction of sp³-hybridized carbons (Fsp3) is 0.833. The van der Waals surface area contributed by atoms with E-state index < -0.39 is 0 Å². The van der Waals surface area contributed by atoms with Gasteiger partial charge in [0.15, 0.2) is 0 Å². The number of carbonyl (C=O) groups is 1. The van der Waals surface area contributed by atoms with Crippen LogP contribution in [0, 0.1) is 11.8 Å². The average molecular weight is 307 g/mol. The summed E-state index contributed by atoms with van der Waals surface area (Å²) in [7, 11) is 0. The summed E-state index contributed by atoms with van der Waals surface area (Å²) in [4.78, 5) is 12.1. The summed E-state index contributed by atoms with van der Waals surface area (Å²) in [6.07, 6.45) is 7.40. The molecule has 4 saturated carbocycles. The Bertz CT molecular complexity index is 459. The molecule has 4 nitrogen and oxygen atoms in total. The van der Waals surface area contributed by atoms with Crippen molar-refractivity contribution in [2.24, 2.45) is 17.6 Å². The average Bonchev–Trinajstić information content (AvgIpc) is 2.35. The number of ether oxygens (including phenoxy) is 2. The Morgan fingerprint density at radius 1 is 1.27 bits per heavy atom. The third-order valence-electron chi connectivity index (χ3n) is 5.64. The van der Waals surface area contributed by atoms with E-state index in [-0.39, 0.29) is 23.3 Å². The lowest BCUT2D eigenvalue weighted by atomic mass is 9.52. The van der Waals surface area contributed by atoms with Gasteiger partial charge in [-0.15, -0.1) is 0 Å². The van der Waals surface area contributed by atoms with Crippen LogP contribution in [0.5, 0.6) is 0 Å². The largest absolute Gasteiger partial charge is 0.456 e. The third kappa shape index (κ3) is 2.95. The molecule has 2 N–H and O–H groups in total. The van der Waals surface area contributed by atoms with Crippen LogP contribution in [0.1, 0.15) is 58.8 Å². The fourth-order valence-electron chi connectivity index (χ4n) is 5.36. The second-order valence-corrected chi connectivity index (χ2v) is 8.00. The molecule has 0 saturated heterocycles. The quantitative estimate of drug-likeness (QED) is 0.605. The van der Waals surface area contributed by atoms with E-state index in [2.05, 4.69) is 13.5 Å². The van der Waals surface area contributed by atoms with Gasteiger partial charge < -0.3 is 15.2 Å². The molecule has 4 aliphatic rings. The van der Waals surface area contributed by atoms with E-state index in [0.29, 0.717) is 24.0 Å². The van der Waals surface area contributed by atoms with Crippen LogP contribution in [0.15, 0.2) is 12.2 Å². The van der Waals surface area contributed by atoms with Crippen LogP contribution in [-0.4, -0.2) is 29.8 Å². The van der Waals surface area contributed by atoms with Gasteiger partial charge in [-0.1, -0.05) is 6.58 Å². The van der Waals surface area contributed by atoms with Crippen molar-refractivity contribution in [1.82, 2.24) is 0 Å². The standard InChI is InChI=1S/C18H29NO3/c1-12(2)16(20)22-18-9-14-6-15(10-18)8-17(7-14,11-18)21-13(3)4-5-19/h13-15H,1,4-11,19H2,2-3H3. The maximum atomic E-state index is 12.1. The summed E-state index contributed by atoms with van der Waals surface area (Å²) >= 11 is 0. The van der Waals surface area contributed by atoms with Crippen molar-refractivity contribution < 1.29 is 14.3 Å². The molecule has 4 bridgehead atoms. The second-order valence-electron chi connectivity index (χ2n) is 8.00. The molecule has 0 aliphatic heterocycles. The Hall–Kier alpha value is -0.870. The summed E-state index contributed by atoms with van der Waals surface area (Å²) in [5.41, 5.74) is 5.73. The first-order valence-corrected chi connectivity index (χ1v) is 8.62. The zero-order chi connectivity index (χ0) is 16.0. The molecule has 124 valence electrons. The summed E-state index contributed by atoms with van der Waals surface area (Å²) in [6.45, 7) is 8.21. The van der Waals surface area contributed by atoms with Crippen molar-refractivity contribution in [3.63, 3.8) is 0 Å². The van der Waals surface area contributed by atoms with Gasteiger partial charge in [-0.2, -0.15) is 0 Å². The molecular weight excluding hydrogens is 278 g/mol. The number of nitrogens with two attached hydrogens (primary N) is 1. The van der Waals surface area contributed by atoms with Crippen molar-refractivity contribution in [2.75, 3.05) is 6.54 Å². The highest BCUT2D eigenvalue weighted by Gasteiger charge is 2.60. The van der Waals surface area contributed by atoms with Gasteiger partial charge in [0.25, 0.3) is 0 Å². The second kappa shape index (κ2) is 5.64. The Labute approximate surface area is 133 Å². The van der Waals surface area contributed by atoms with Crippen LogP contribution in [0.4, 0.5) is 0 Å². The minimum Gasteiger partial charge on any atom is -0.456 e. The zero-order valence-electron chi connectivity index (χ0n) is 13.9. The predicted molar refractivity (Wildman–Crippen MR) is 85.3 cm³/mol. The van der Waals surface area contributed by atoms with E-state index in [1.165, 1.54) is 6.42 Å². The lowest BCUT2D eigenvalue weighted by Crippen LogP contribution is -2.62. The molecule has 0 radical (unpaired) electrons. The van der Waals surface area contributed by atoms with Crippen molar-refractivity contribution in [3.05, 3.63) is 12.2 Å². The van der Waals surface area contributed by atoms with E-state index >= 15 is 0 Å². The molecule has 22 heavy (non-hydrogen) atoms. The number of rotatable bonds is 6. The molecule has 0 aromatic heterocycles. The molecule has 0 aromatic carbocycles. The minimum absolute atomic E-state index is 0.103. The van der Waals surface area contributed by atoms with Crippen LogP contribution < -0.4 is 5.73 Å². The van der Waals surface area contributed by atoms with Gasteiger partial charge in [0.05, 0.1) is 11.7 Å². The van der Waals surface area contributed by atoms with Crippen LogP contribution in [0.3, 0.4) is 0 Å². The van der Waals surface area contributed by atoms with Gasteiger partial charge in [0.2, 0.25) is 0 Å². The van der Waals surface area contributed by atoms with E-state index in [4.69, 9.17) is 15.2 Å². The van der Waals surface area contributed by atoms with E-state index in [9.17, 15) is 4.79 Å². The Balaban J connectivity index is 1.77. The Morgan fingerprint density at radius 3 is 2.41 bits per heavy atom. The SMILES string of the molecule is C=C(C)C(=O)OC12CC3CC(C1)CC(OC(C)CCN)(C3)C2. The minimum atomic E-state index is -0.317. The van der Waals surface area contributed by atoms with E-state index in [1.54, 1.807) is 6.92 Å². The van der Waals surface area contributed by atoms with Gasteiger partial charge in [-0.25, -0.2) is 4.79 Å². The van der Waals surface area contributed by atoms with Gasteiger partial charge in [0, 0.05) is 12.0 Å². The molecular formula is C18H29NO3. The van der Waals surface area contributed by atoms with Crippen molar-refractivity contribution in [2.45, 2.75) is 76.1 Å². The molecule has 0 heterocycles. The van der Waals surface area contributed by atoms with Crippen LogP contribution in [0.2, 0.25) is 0 Å². The van der Waals surface area contributed by atoms with Crippen LogP contribution >= 0.6 is 0 Å². The molecule has 0 spiro atoms. The first kappa shape index (κ1) is 16.0. The first-order valence-electron chi connectivity index (χ1n) is 8.62. The third-order valence-corrected chi connectivity index (χ3v) is 5.64. The van der Waals surface area contributed by atoms with Gasteiger partial charge in [-0.3, -0.25) is 0 Å². The smallest absolute Gasteiger partial charge is 0.333 e. The number of carbonyl (C=O) groups excluding carboxylic acids is 1. The van der Waals surface area contributed by atoms with Gasteiger partial charge >= 0.3 is 5.97 Å². The molecule has 0 aromatic rings. The number of hydrogen-bond acceptors (Lipinski definition) is 4.